The largest absolute Gasteiger partial charge is 0.321 e. The monoisotopic (exact) mass is 391 g/mol. The minimum atomic E-state index is -0.114. The SMILES string of the molecule is O=C(Nc1cccc(Cl)c1)c1cc2c(s1)-c1ccc(Cl)cc1SC2. The molecule has 0 radical (unpaired) electrons. The zero-order valence-corrected chi connectivity index (χ0v) is 15.5. The Morgan fingerprint density at radius 3 is 2.71 bits per heavy atom. The number of hydrogen-bond acceptors (Lipinski definition) is 3. The Labute approximate surface area is 157 Å². The Bertz CT molecular complexity index is 952. The van der Waals surface area contributed by atoms with Crippen LogP contribution in [0.1, 0.15) is 15.2 Å². The topological polar surface area (TPSA) is 29.1 Å². The van der Waals surface area contributed by atoms with Gasteiger partial charge in [-0.2, -0.15) is 0 Å². The Kier molecular flexibility index (Phi) is 4.31. The summed E-state index contributed by atoms with van der Waals surface area (Å²) < 4.78 is 0. The van der Waals surface area contributed by atoms with E-state index in [1.807, 2.05) is 36.4 Å². The van der Waals surface area contributed by atoms with Crippen molar-refractivity contribution in [2.75, 3.05) is 5.32 Å². The molecule has 2 heterocycles. The molecule has 1 amide bonds. The van der Waals surface area contributed by atoms with E-state index >= 15 is 0 Å². The number of anilines is 1. The van der Waals surface area contributed by atoms with Gasteiger partial charge in [0.2, 0.25) is 0 Å². The molecule has 0 aliphatic carbocycles. The number of thioether (sulfide) groups is 1. The van der Waals surface area contributed by atoms with Gasteiger partial charge in [-0.05, 0) is 42.0 Å². The molecule has 1 N–H and O–H groups in total. The van der Waals surface area contributed by atoms with E-state index in [2.05, 4.69) is 5.32 Å². The van der Waals surface area contributed by atoms with Gasteiger partial charge in [-0.3, -0.25) is 4.79 Å². The number of benzene rings is 2. The lowest BCUT2D eigenvalue weighted by Gasteiger charge is -2.15. The number of rotatable bonds is 2. The van der Waals surface area contributed by atoms with Crippen molar-refractivity contribution in [3.05, 3.63) is 69.0 Å². The molecule has 0 fully saturated rings. The Morgan fingerprint density at radius 2 is 1.88 bits per heavy atom. The van der Waals surface area contributed by atoms with Crippen LogP contribution >= 0.6 is 46.3 Å². The van der Waals surface area contributed by atoms with Crippen LogP contribution in [0.3, 0.4) is 0 Å². The molecule has 6 heteroatoms. The highest BCUT2D eigenvalue weighted by Crippen LogP contribution is 2.46. The van der Waals surface area contributed by atoms with Gasteiger partial charge in [0, 0.05) is 36.8 Å². The molecule has 0 atom stereocenters. The summed E-state index contributed by atoms with van der Waals surface area (Å²) in [5.74, 6) is 0.737. The van der Waals surface area contributed by atoms with Crippen LogP contribution in [0, 0.1) is 0 Å². The second-order valence-electron chi connectivity index (χ2n) is 5.36. The van der Waals surface area contributed by atoms with E-state index in [0.29, 0.717) is 15.6 Å². The maximum atomic E-state index is 12.5. The number of fused-ring (bicyclic) bond motifs is 3. The van der Waals surface area contributed by atoms with Crippen molar-refractivity contribution in [2.45, 2.75) is 10.6 Å². The van der Waals surface area contributed by atoms with Crippen LogP contribution in [-0.2, 0) is 5.75 Å². The summed E-state index contributed by atoms with van der Waals surface area (Å²) >= 11 is 15.3. The third kappa shape index (κ3) is 3.07. The van der Waals surface area contributed by atoms with Gasteiger partial charge in [0.15, 0.2) is 0 Å². The Morgan fingerprint density at radius 1 is 1.04 bits per heavy atom. The van der Waals surface area contributed by atoms with Gasteiger partial charge in [0.25, 0.3) is 5.91 Å². The molecule has 120 valence electrons. The van der Waals surface area contributed by atoms with Gasteiger partial charge in [0.1, 0.15) is 0 Å². The van der Waals surface area contributed by atoms with Crippen LogP contribution < -0.4 is 5.32 Å². The van der Waals surface area contributed by atoms with Crippen molar-refractivity contribution in [3.63, 3.8) is 0 Å². The highest BCUT2D eigenvalue weighted by molar-refractivity contribution is 7.98. The Hall–Kier alpha value is -1.46. The lowest BCUT2D eigenvalue weighted by atomic mass is 10.1. The molecule has 4 rings (SSSR count). The van der Waals surface area contributed by atoms with Crippen LogP contribution in [0.4, 0.5) is 5.69 Å². The summed E-state index contributed by atoms with van der Waals surface area (Å²) in [6.07, 6.45) is 0. The van der Waals surface area contributed by atoms with E-state index in [1.165, 1.54) is 21.8 Å². The molecule has 0 saturated heterocycles. The molecule has 1 aliphatic rings. The average molecular weight is 392 g/mol. The molecule has 0 bridgehead atoms. The first-order chi connectivity index (χ1) is 11.6. The van der Waals surface area contributed by atoms with Crippen molar-refractivity contribution < 1.29 is 4.79 Å². The van der Waals surface area contributed by atoms with Gasteiger partial charge >= 0.3 is 0 Å². The maximum Gasteiger partial charge on any atom is 0.265 e. The van der Waals surface area contributed by atoms with Gasteiger partial charge in [-0.1, -0.05) is 35.3 Å². The average Bonchev–Trinajstić information content (AvgIpc) is 2.99. The highest BCUT2D eigenvalue weighted by Gasteiger charge is 2.22. The van der Waals surface area contributed by atoms with Crippen molar-refractivity contribution >= 4 is 57.9 Å². The summed E-state index contributed by atoms with van der Waals surface area (Å²) in [4.78, 5) is 15.6. The van der Waals surface area contributed by atoms with Crippen molar-refractivity contribution in [3.8, 4) is 10.4 Å². The predicted molar refractivity (Wildman–Crippen MR) is 104 cm³/mol. The van der Waals surface area contributed by atoms with Crippen LogP contribution in [0.25, 0.3) is 10.4 Å². The summed E-state index contributed by atoms with van der Waals surface area (Å²) in [5.41, 5.74) is 3.04. The first kappa shape index (κ1) is 16.0. The second-order valence-corrected chi connectivity index (χ2v) is 8.30. The van der Waals surface area contributed by atoms with E-state index < -0.39 is 0 Å². The fourth-order valence-corrected chi connectivity index (χ4v) is 5.37. The van der Waals surface area contributed by atoms with E-state index in [1.54, 1.807) is 23.9 Å². The summed E-state index contributed by atoms with van der Waals surface area (Å²) in [7, 11) is 0. The van der Waals surface area contributed by atoms with Crippen molar-refractivity contribution in [1.82, 2.24) is 0 Å². The predicted octanol–water partition coefficient (Wildman–Crippen LogP) is 6.58. The summed E-state index contributed by atoms with van der Waals surface area (Å²) in [6.45, 7) is 0. The molecule has 1 aliphatic heterocycles. The first-order valence-corrected chi connectivity index (χ1v) is 9.78. The molecule has 2 nitrogen and oxygen atoms in total. The number of halogens is 2. The molecule has 1 aromatic heterocycles. The van der Waals surface area contributed by atoms with Crippen LogP contribution in [0.2, 0.25) is 10.0 Å². The van der Waals surface area contributed by atoms with E-state index in [0.717, 1.165) is 21.2 Å². The highest BCUT2D eigenvalue weighted by atomic mass is 35.5. The van der Waals surface area contributed by atoms with E-state index in [4.69, 9.17) is 23.2 Å². The molecule has 2 aromatic carbocycles. The zero-order chi connectivity index (χ0) is 16.7. The van der Waals surface area contributed by atoms with Crippen LogP contribution in [0.5, 0.6) is 0 Å². The molecular weight excluding hydrogens is 381 g/mol. The quantitative estimate of drug-likeness (QED) is 0.534. The van der Waals surface area contributed by atoms with Crippen LogP contribution in [-0.4, -0.2) is 5.91 Å². The molecular formula is C18H11Cl2NOS2. The summed E-state index contributed by atoms with van der Waals surface area (Å²) in [6, 6.07) is 15.0. The first-order valence-electron chi connectivity index (χ1n) is 7.22. The maximum absolute atomic E-state index is 12.5. The Balaban J connectivity index is 1.65. The number of amides is 1. The lowest BCUT2D eigenvalue weighted by molar-refractivity contribution is 0.103. The fourth-order valence-electron chi connectivity index (χ4n) is 2.59. The van der Waals surface area contributed by atoms with E-state index in [-0.39, 0.29) is 5.91 Å². The normalized spacial score (nSPS) is 12.4. The molecule has 24 heavy (non-hydrogen) atoms. The van der Waals surface area contributed by atoms with Gasteiger partial charge in [-0.15, -0.1) is 23.1 Å². The minimum Gasteiger partial charge on any atom is -0.321 e. The lowest BCUT2D eigenvalue weighted by Crippen LogP contribution is -2.09. The summed E-state index contributed by atoms with van der Waals surface area (Å²) in [5, 5.41) is 4.23. The van der Waals surface area contributed by atoms with Gasteiger partial charge in [-0.25, -0.2) is 0 Å². The smallest absolute Gasteiger partial charge is 0.265 e. The molecule has 0 unspecified atom stereocenters. The zero-order valence-electron chi connectivity index (χ0n) is 12.3. The number of carbonyl (C=O) groups excluding carboxylic acids is 1. The molecule has 3 aromatic rings. The third-order valence-corrected chi connectivity index (χ3v) is 6.47. The second kappa shape index (κ2) is 6.45. The van der Waals surface area contributed by atoms with Gasteiger partial charge in [0.05, 0.1) is 4.88 Å². The van der Waals surface area contributed by atoms with E-state index in [9.17, 15) is 4.79 Å². The number of nitrogens with one attached hydrogen (secondary N) is 1. The minimum absolute atomic E-state index is 0.114. The van der Waals surface area contributed by atoms with Gasteiger partial charge < -0.3 is 5.32 Å². The third-order valence-electron chi connectivity index (χ3n) is 3.69. The fraction of sp³-hybridized carbons (Fsp3) is 0.0556. The number of hydrogen-bond donors (Lipinski definition) is 1. The molecule has 0 spiro atoms. The number of carbonyl (C=O) groups is 1. The standard InChI is InChI=1S/C18H11Cl2NOS2/c19-11-2-1-3-13(7-11)21-18(22)16-6-10-9-23-15-8-12(20)4-5-14(15)17(10)24-16/h1-8H,9H2,(H,21,22). The van der Waals surface area contributed by atoms with Crippen LogP contribution in [0.15, 0.2) is 53.4 Å². The molecule has 0 saturated carbocycles. The van der Waals surface area contributed by atoms with Crippen molar-refractivity contribution in [2.24, 2.45) is 0 Å². The number of thiophene rings is 1. The van der Waals surface area contributed by atoms with Crippen molar-refractivity contribution in [1.29, 1.82) is 0 Å².